The van der Waals surface area contributed by atoms with E-state index in [-0.39, 0.29) is 24.7 Å². The van der Waals surface area contributed by atoms with Crippen LogP contribution in [0.4, 0.5) is 0 Å². The molecule has 1 saturated heterocycles. The number of unbranched alkanes of at least 4 members (excludes halogenated alkanes) is 13. The van der Waals surface area contributed by atoms with E-state index in [1.54, 1.807) is 0 Å². The first-order valence-corrected chi connectivity index (χ1v) is 14.4. The van der Waals surface area contributed by atoms with Gasteiger partial charge in [-0.2, -0.15) is 0 Å². The van der Waals surface area contributed by atoms with Gasteiger partial charge in [-0.15, -0.1) is 11.6 Å². The summed E-state index contributed by atoms with van der Waals surface area (Å²) in [5.74, 6) is 0.514. The van der Waals surface area contributed by atoms with Crippen LogP contribution >= 0.6 is 11.6 Å². The largest absolute Gasteiger partial charge is 0.466 e. The van der Waals surface area contributed by atoms with Gasteiger partial charge in [0.05, 0.1) is 13.0 Å². The third-order valence-corrected chi connectivity index (χ3v) is 6.90. The summed E-state index contributed by atoms with van der Waals surface area (Å²) in [4.78, 5) is 28.5. The molecule has 0 aromatic rings. The van der Waals surface area contributed by atoms with Gasteiger partial charge in [-0.1, -0.05) is 90.4 Å². The summed E-state index contributed by atoms with van der Waals surface area (Å²) in [6.07, 6.45) is 19.9. The van der Waals surface area contributed by atoms with E-state index in [4.69, 9.17) is 16.3 Å². The van der Waals surface area contributed by atoms with E-state index in [1.165, 1.54) is 77.0 Å². The van der Waals surface area contributed by atoms with Crippen molar-refractivity contribution in [3.8, 4) is 0 Å². The fourth-order valence-electron chi connectivity index (χ4n) is 4.43. The molecule has 0 aromatic carbocycles. The zero-order chi connectivity index (χ0) is 24.0. The van der Waals surface area contributed by atoms with Crippen molar-refractivity contribution in [2.75, 3.05) is 45.2 Å². The molecule has 1 aliphatic heterocycles. The number of halogens is 1. The molecular weight excluding hydrogens is 436 g/mol. The monoisotopic (exact) mass is 486 g/mol. The first-order chi connectivity index (χ1) is 16.2. The number of ether oxygens (including phenoxy) is 1. The number of esters is 1. The van der Waals surface area contributed by atoms with E-state index in [0.717, 1.165) is 52.0 Å². The summed E-state index contributed by atoms with van der Waals surface area (Å²) >= 11 is 5.74. The number of nitrogens with zero attached hydrogens (tertiary/aromatic N) is 2. The van der Waals surface area contributed by atoms with Crippen LogP contribution < -0.4 is 0 Å². The molecule has 1 fully saturated rings. The van der Waals surface area contributed by atoms with E-state index in [0.29, 0.717) is 12.5 Å². The van der Waals surface area contributed by atoms with Crippen molar-refractivity contribution >= 4 is 23.5 Å². The maximum absolute atomic E-state index is 12.3. The first-order valence-electron chi connectivity index (χ1n) is 13.9. The number of rotatable bonds is 21. The lowest BCUT2D eigenvalue weighted by atomic mass is 10.0. The molecule has 0 atom stereocenters. The van der Waals surface area contributed by atoms with Gasteiger partial charge in [0.2, 0.25) is 5.91 Å². The third kappa shape index (κ3) is 17.3. The lowest BCUT2D eigenvalue weighted by molar-refractivity contribution is -0.146. The van der Waals surface area contributed by atoms with Crippen molar-refractivity contribution in [3.63, 3.8) is 0 Å². The third-order valence-electron chi connectivity index (χ3n) is 6.64. The molecule has 0 N–H and O–H groups in total. The zero-order valence-electron chi connectivity index (χ0n) is 21.5. The Morgan fingerprint density at radius 2 is 1.21 bits per heavy atom. The second-order valence-corrected chi connectivity index (χ2v) is 9.96. The minimum absolute atomic E-state index is 0.0698. The van der Waals surface area contributed by atoms with E-state index >= 15 is 0 Å². The highest BCUT2D eigenvalue weighted by atomic mass is 35.5. The Hall–Kier alpha value is -0.810. The quantitative estimate of drug-likeness (QED) is 0.105. The molecule has 5 nitrogen and oxygen atoms in total. The Morgan fingerprint density at radius 3 is 1.73 bits per heavy atom. The SMILES string of the molecule is CCCCCCCCCCCCCCCCOC(=O)CCC(=O)N1CCN(CCCCl)CC1. The summed E-state index contributed by atoms with van der Waals surface area (Å²) in [7, 11) is 0. The molecule has 194 valence electrons. The molecule has 0 bridgehead atoms. The maximum Gasteiger partial charge on any atom is 0.306 e. The lowest BCUT2D eigenvalue weighted by Crippen LogP contribution is -2.48. The average Bonchev–Trinajstić information content (AvgIpc) is 2.84. The van der Waals surface area contributed by atoms with Gasteiger partial charge in [-0.05, 0) is 19.4 Å². The molecule has 6 heteroatoms. The first kappa shape index (κ1) is 30.2. The summed E-state index contributed by atoms with van der Waals surface area (Å²) < 4.78 is 5.32. The Morgan fingerprint density at radius 1 is 0.697 bits per heavy atom. The van der Waals surface area contributed by atoms with E-state index in [1.807, 2.05) is 4.90 Å². The standard InChI is InChI=1S/C27H51ClN2O3/c1-2-3-4-5-6-7-8-9-10-11-12-13-14-15-25-33-27(32)18-17-26(31)30-23-21-29(22-24-30)20-16-19-28/h2-25H2,1H3. The lowest BCUT2D eigenvalue weighted by Gasteiger charge is -2.34. The van der Waals surface area contributed by atoms with Crippen molar-refractivity contribution in [2.24, 2.45) is 0 Å². The minimum Gasteiger partial charge on any atom is -0.466 e. The normalized spacial score (nSPS) is 14.5. The number of amides is 1. The van der Waals surface area contributed by atoms with Crippen LogP contribution in [0.25, 0.3) is 0 Å². The molecule has 1 rings (SSSR count). The van der Waals surface area contributed by atoms with Crippen LogP contribution in [0.5, 0.6) is 0 Å². The molecule has 1 aliphatic rings. The van der Waals surface area contributed by atoms with Gasteiger partial charge < -0.3 is 9.64 Å². The predicted octanol–water partition coefficient (Wildman–Crippen LogP) is 6.56. The Kier molecular flexibility index (Phi) is 19.9. The number of alkyl halides is 1. The highest BCUT2D eigenvalue weighted by molar-refractivity contribution is 6.17. The van der Waals surface area contributed by atoms with Gasteiger partial charge in [0.25, 0.3) is 0 Å². The van der Waals surface area contributed by atoms with Crippen molar-refractivity contribution in [2.45, 2.75) is 116 Å². The van der Waals surface area contributed by atoms with Crippen LogP contribution in [0.2, 0.25) is 0 Å². The fourth-order valence-corrected chi connectivity index (χ4v) is 4.55. The van der Waals surface area contributed by atoms with Gasteiger partial charge >= 0.3 is 5.97 Å². The highest BCUT2D eigenvalue weighted by Crippen LogP contribution is 2.13. The zero-order valence-corrected chi connectivity index (χ0v) is 22.2. The summed E-state index contributed by atoms with van der Waals surface area (Å²) in [6.45, 7) is 7.04. The summed E-state index contributed by atoms with van der Waals surface area (Å²) in [5, 5.41) is 0. The summed E-state index contributed by atoms with van der Waals surface area (Å²) in [6, 6.07) is 0. The van der Waals surface area contributed by atoms with Crippen LogP contribution in [0.1, 0.15) is 116 Å². The van der Waals surface area contributed by atoms with Crippen molar-refractivity contribution in [1.29, 1.82) is 0 Å². The van der Waals surface area contributed by atoms with Gasteiger partial charge in [0.1, 0.15) is 0 Å². The van der Waals surface area contributed by atoms with Crippen LogP contribution in [-0.4, -0.2) is 66.9 Å². The Balaban J connectivity index is 1.85. The smallest absolute Gasteiger partial charge is 0.306 e. The number of hydrogen-bond acceptors (Lipinski definition) is 4. The van der Waals surface area contributed by atoms with Gasteiger partial charge in [-0.3, -0.25) is 14.5 Å². The number of hydrogen-bond donors (Lipinski definition) is 0. The van der Waals surface area contributed by atoms with Gasteiger partial charge in [-0.25, -0.2) is 0 Å². The molecule has 0 unspecified atom stereocenters. The van der Waals surface area contributed by atoms with Crippen molar-refractivity contribution in [3.05, 3.63) is 0 Å². The van der Waals surface area contributed by atoms with Gasteiger partial charge in [0, 0.05) is 38.5 Å². The molecule has 0 aliphatic carbocycles. The Labute approximate surface area is 208 Å². The van der Waals surface area contributed by atoms with E-state index < -0.39 is 0 Å². The van der Waals surface area contributed by atoms with Crippen molar-refractivity contribution < 1.29 is 14.3 Å². The molecule has 0 radical (unpaired) electrons. The topological polar surface area (TPSA) is 49.9 Å². The average molecular weight is 487 g/mol. The van der Waals surface area contributed by atoms with E-state index in [2.05, 4.69) is 11.8 Å². The van der Waals surface area contributed by atoms with Crippen LogP contribution in [-0.2, 0) is 14.3 Å². The molecule has 33 heavy (non-hydrogen) atoms. The molecule has 0 aromatic heterocycles. The Bertz CT molecular complexity index is 482. The van der Waals surface area contributed by atoms with E-state index in [9.17, 15) is 9.59 Å². The second-order valence-electron chi connectivity index (χ2n) is 9.58. The van der Waals surface area contributed by atoms with Crippen LogP contribution in [0.15, 0.2) is 0 Å². The summed E-state index contributed by atoms with van der Waals surface area (Å²) in [5.41, 5.74) is 0. The van der Waals surface area contributed by atoms with Crippen LogP contribution in [0.3, 0.4) is 0 Å². The molecule has 1 heterocycles. The molecule has 0 spiro atoms. The number of carbonyl (C=O) groups is 2. The second kappa shape index (κ2) is 21.7. The van der Waals surface area contributed by atoms with Gasteiger partial charge in [0.15, 0.2) is 0 Å². The molecular formula is C27H51ClN2O3. The molecule has 0 saturated carbocycles. The van der Waals surface area contributed by atoms with Crippen LogP contribution in [0, 0.1) is 0 Å². The van der Waals surface area contributed by atoms with Crippen molar-refractivity contribution in [1.82, 2.24) is 9.80 Å². The maximum atomic E-state index is 12.3. The fraction of sp³-hybridized carbons (Fsp3) is 0.926. The number of piperazine rings is 1. The number of carbonyl (C=O) groups excluding carboxylic acids is 2. The minimum atomic E-state index is -0.237. The highest BCUT2D eigenvalue weighted by Gasteiger charge is 2.21. The molecule has 1 amide bonds. The predicted molar refractivity (Wildman–Crippen MR) is 139 cm³/mol.